The van der Waals surface area contributed by atoms with Crippen molar-refractivity contribution in [3.8, 4) is 0 Å². The van der Waals surface area contributed by atoms with Crippen LogP contribution >= 0.6 is 0 Å². The number of likely N-dealkylation sites (tertiary alicyclic amines) is 1. The molecule has 3 heterocycles. The maximum atomic E-state index is 13.7. The molecule has 1 spiro atoms. The molecule has 1 aromatic heterocycles. The van der Waals surface area contributed by atoms with Crippen LogP contribution in [0.15, 0.2) is 48.7 Å². The quantitative estimate of drug-likeness (QED) is 0.779. The fraction of sp³-hybridized carbons (Fsp3) is 0.350. The van der Waals surface area contributed by atoms with E-state index in [9.17, 15) is 14.0 Å². The lowest BCUT2D eigenvalue weighted by atomic mass is 9.72. The first kappa shape index (κ1) is 17.6. The highest BCUT2D eigenvalue weighted by Crippen LogP contribution is 2.45. The number of carbonyl (C=O) groups is 2. The lowest BCUT2D eigenvalue weighted by Crippen LogP contribution is -2.78. The van der Waals surface area contributed by atoms with Gasteiger partial charge < -0.3 is 14.5 Å². The Morgan fingerprint density at radius 3 is 2.63 bits per heavy atom. The van der Waals surface area contributed by atoms with Gasteiger partial charge in [0.05, 0.1) is 5.54 Å². The second-order valence-electron chi connectivity index (χ2n) is 6.88. The number of hydrogen-bond acceptors (Lipinski definition) is 4. The molecule has 0 N–H and O–H groups in total. The van der Waals surface area contributed by atoms with Crippen molar-refractivity contribution in [3.05, 3.63) is 60.2 Å². The average molecular weight is 369 g/mol. The summed E-state index contributed by atoms with van der Waals surface area (Å²) >= 11 is 0. The Morgan fingerprint density at radius 2 is 2.00 bits per heavy atom. The second-order valence-corrected chi connectivity index (χ2v) is 6.88. The normalized spacial score (nSPS) is 21.3. The summed E-state index contributed by atoms with van der Waals surface area (Å²) in [6, 6.07) is 11.3. The van der Waals surface area contributed by atoms with Crippen LogP contribution in [0.25, 0.3) is 0 Å². The first-order valence-corrected chi connectivity index (χ1v) is 8.89. The Kier molecular flexibility index (Phi) is 4.39. The molecule has 0 radical (unpaired) electrons. The minimum Gasteiger partial charge on any atom is -0.369 e. The van der Waals surface area contributed by atoms with Crippen molar-refractivity contribution in [1.82, 2.24) is 9.88 Å². The molecule has 2 aliphatic heterocycles. The van der Waals surface area contributed by atoms with Gasteiger partial charge in [0, 0.05) is 32.1 Å². The molecular weight excluding hydrogens is 349 g/mol. The molecule has 27 heavy (non-hydrogen) atoms. The van der Waals surface area contributed by atoms with E-state index in [4.69, 9.17) is 4.74 Å². The smallest absolute Gasteiger partial charge is 0.272 e. The summed E-state index contributed by atoms with van der Waals surface area (Å²) in [6.07, 6.45) is 2.14. The summed E-state index contributed by atoms with van der Waals surface area (Å²) in [5, 5.41) is 0. The molecule has 2 saturated heterocycles. The number of anilines is 1. The second kappa shape index (κ2) is 6.74. The minimum absolute atomic E-state index is 0.123. The van der Waals surface area contributed by atoms with E-state index in [0.717, 1.165) is 0 Å². The number of nitrogens with zero attached hydrogens (tertiary/aromatic N) is 3. The molecule has 7 heteroatoms. The van der Waals surface area contributed by atoms with Crippen molar-refractivity contribution in [2.45, 2.75) is 24.5 Å². The van der Waals surface area contributed by atoms with E-state index in [2.05, 4.69) is 4.98 Å². The highest BCUT2D eigenvalue weighted by Gasteiger charge is 2.62. The van der Waals surface area contributed by atoms with Crippen LogP contribution in [0.1, 0.15) is 23.3 Å². The third kappa shape index (κ3) is 2.78. The number of amides is 2. The van der Waals surface area contributed by atoms with Crippen LogP contribution in [0, 0.1) is 5.82 Å². The Bertz CT molecular complexity index is 866. The number of ether oxygens (including phenoxy) is 1. The molecule has 140 valence electrons. The van der Waals surface area contributed by atoms with E-state index in [1.165, 1.54) is 19.2 Å². The van der Waals surface area contributed by atoms with Crippen LogP contribution in [-0.4, -0.2) is 53.5 Å². The first-order chi connectivity index (χ1) is 13.1. The van der Waals surface area contributed by atoms with Gasteiger partial charge in [-0.2, -0.15) is 0 Å². The maximum absolute atomic E-state index is 13.7. The topological polar surface area (TPSA) is 62.7 Å². The van der Waals surface area contributed by atoms with E-state index in [1.54, 1.807) is 46.3 Å². The fourth-order valence-corrected chi connectivity index (χ4v) is 4.17. The van der Waals surface area contributed by atoms with Crippen molar-refractivity contribution in [2.75, 3.05) is 25.1 Å². The van der Waals surface area contributed by atoms with E-state index in [-0.39, 0.29) is 17.6 Å². The van der Waals surface area contributed by atoms with Gasteiger partial charge in [0.2, 0.25) is 0 Å². The molecular formula is C20H20FN3O3. The van der Waals surface area contributed by atoms with Crippen LogP contribution in [0.3, 0.4) is 0 Å². The monoisotopic (exact) mass is 369 g/mol. The summed E-state index contributed by atoms with van der Waals surface area (Å²) in [5.74, 6) is -0.686. The summed E-state index contributed by atoms with van der Waals surface area (Å²) in [4.78, 5) is 32.7. The zero-order chi connectivity index (χ0) is 19.0. The van der Waals surface area contributed by atoms with E-state index in [0.29, 0.717) is 37.3 Å². The Hall–Kier alpha value is -2.80. The highest BCUT2D eigenvalue weighted by molar-refractivity contribution is 6.07. The van der Waals surface area contributed by atoms with E-state index < -0.39 is 11.6 Å². The fourth-order valence-electron chi connectivity index (χ4n) is 4.17. The molecule has 2 aromatic rings. The van der Waals surface area contributed by atoms with Crippen molar-refractivity contribution < 1.29 is 18.7 Å². The number of piperidine rings is 1. The number of pyridine rings is 1. The van der Waals surface area contributed by atoms with Crippen LogP contribution in [0.4, 0.5) is 10.1 Å². The third-order valence-corrected chi connectivity index (χ3v) is 5.48. The third-order valence-electron chi connectivity index (χ3n) is 5.48. The van der Waals surface area contributed by atoms with Gasteiger partial charge in [-0.3, -0.25) is 14.6 Å². The zero-order valence-electron chi connectivity index (χ0n) is 15.0. The summed E-state index contributed by atoms with van der Waals surface area (Å²) < 4.78 is 19.1. The van der Waals surface area contributed by atoms with Gasteiger partial charge >= 0.3 is 0 Å². The molecule has 6 nitrogen and oxygen atoms in total. The van der Waals surface area contributed by atoms with Gasteiger partial charge in [-0.05, 0) is 43.2 Å². The predicted octanol–water partition coefficient (Wildman–Crippen LogP) is 2.26. The minimum atomic E-state index is -0.576. The van der Waals surface area contributed by atoms with E-state index >= 15 is 0 Å². The molecule has 4 rings (SSSR count). The van der Waals surface area contributed by atoms with Gasteiger partial charge in [-0.1, -0.05) is 12.1 Å². The molecule has 2 amide bonds. The van der Waals surface area contributed by atoms with Crippen LogP contribution in [0.2, 0.25) is 0 Å². The van der Waals surface area contributed by atoms with Gasteiger partial charge in [0.15, 0.2) is 6.10 Å². The van der Waals surface area contributed by atoms with Gasteiger partial charge in [0.25, 0.3) is 11.8 Å². The van der Waals surface area contributed by atoms with Crippen molar-refractivity contribution >= 4 is 17.5 Å². The molecule has 1 atom stereocenters. The molecule has 2 fully saturated rings. The summed E-state index contributed by atoms with van der Waals surface area (Å²) in [6.45, 7) is 0.961. The number of benzene rings is 1. The molecule has 2 aliphatic rings. The molecule has 0 bridgehead atoms. The molecule has 0 aliphatic carbocycles. The van der Waals surface area contributed by atoms with Gasteiger partial charge in [-0.15, -0.1) is 0 Å². The average Bonchev–Trinajstić information content (AvgIpc) is 2.69. The SMILES string of the molecule is COC1C(=O)N(c2cccc(F)c2)C12CCN(C(=O)c1ccccn1)CC2. The van der Waals surface area contributed by atoms with Crippen LogP contribution in [0.5, 0.6) is 0 Å². The Labute approximate surface area is 156 Å². The highest BCUT2D eigenvalue weighted by atomic mass is 19.1. The van der Waals surface area contributed by atoms with Gasteiger partial charge in [0.1, 0.15) is 11.5 Å². The number of β-lactam (4-membered cyclic amide) rings is 1. The van der Waals surface area contributed by atoms with Crippen LogP contribution in [-0.2, 0) is 9.53 Å². The van der Waals surface area contributed by atoms with Crippen molar-refractivity contribution in [2.24, 2.45) is 0 Å². The number of hydrogen-bond donors (Lipinski definition) is 0. The van der Waals surface area contributed by atoms with Gasteiger partial charge in [-0.25, -0.2) is 4.39 Å². The number of halogens is 1. The maximum Gasteiger partial charge on any atom is 0.272 e. The zero-order valence-corrected chi connectivity index (χ0v) is 15.0. The largest absolute Gasteiger partial charge is 0.369 e. The number of methoxy groups -OCH3 is 1. The van der Waals surface area contributed by atoms with E-state index in [1.807, 2.05) is 0 Å². The van der Waals surface area contributed by atoms with Crippen molar-refractivity contribution in [1.29, 1.82) is 0 Å². The van der Waals surface area contributed by atoms with Crippen LogP contribution < -0.4 is 4.90 Å². The Balaban J connectivity index is 1.56. The first-order valence-electron chi connectivity index (χ1n) is 8.89. The number of carbonyl (C=O) groups excluding carboxylic acids is 2. The number of rotatable bonds is 3. The molecule has 1 aromatic carbocycles. The number of aromatic nitrogens is 1. The lowest BCUT2D eigenvalue weighted by Gasteiger charge is -2.59. The summed E-state index contributed by atoms with van der Waals surface area (Å²) in [7, 11) is 1.51. The molecule has 0 saturated carbocycles. The summed E-state index contributed by atoms with van der Waals surface area (Å²) in [5.41, 5.74) is 0.377. The predicted molar refractivity (Wildman–Crippen MR) is 96.8 cm³/mol. The lowest BCUT2D eigenvalue weighted by molar-refractivity contribution is -0.150. The standard InChI is InChI=1S/C20H20FN3O3/c1-27-17-19(26)24(15-6-4-5-14(21)13-15)20(17)8-11-23(12-9-20)18(25)16-7-2-3-10-22-16/h2-7,10,13,17H,8-9,11-12H2,1H3. The van der Waals surface area contributed by atoms with Crippen molar-refractivity contribution in [3.63, 3.8) is 0 Å². The Morgan fingerprint density at radius 1 is 1.22 bits per heavy atom. The molecule has 1 unspecified atom stereocenters.